The summed E-state index contributed by atoms with van der Waals surface area (Å²) in [5.41, 5.74) is -0.173. The number of aromatic nitrogens is 1. The predicted octanol–water partition coefficient (Wildman–Crippen LogP) is 3.51. The van der Waals surface area contributed by atoms with Crippen molar-refractivity contribution in [2.75, 3.05) is 18.0 Å². The summed E-state index contributed by atoms with van der Waals surface area (Å²) < 4.78 is 18.1. The van der Waals surface area contributed by atoms with Crippen LogP contribution in [-0.2, 0) is 14.0 Å². The summed E-state index contributed by atoms with van der Waals surface area (Å²) >= 11 is 0. The van der Waals surface area contributed by atoms with E-state index in [9.17, 15) is 4.79 Å². The van der Waals surface area contributed by atoms with Gasteiger partial charge in [0.2, 0.25) is 0 Å². The zero-order chi connectivity index (χ0) is 23.3. The van der Waals surface area contributed by atoms with E-state index in [0.717, 1.165) is 43.6 Å². The molecular formula is C24H38BN3O4. The van der Waals surface area contributed by atoms with Gasteiger partial charge in [-0.3, -0.25) is 0 Å². The minimum Gasteiger partial charge on any atom is -0.444 e. The maximum Gasteiger partial charge on any atom is 0.496 e. The second kappa shape index (κ2) is 8.21. The smallest absolute Gasteiger partial charge is 0.444 e. The Hall–Kier alpha value is -1.80. The Bertz CT molecular complexity index is 829. The number of nitrogens with zero attached hydrogens (tertiary/aromatic N) is 2. The molecule has 3 aliphatic rings. The molecule has 3 heterocycles. The molecule has 32 heavy (non-hydrogen) atoms. The first-order valence-electron chi connectivity index (χ1n) is 12.0. The number of nitrogens with one attached hydrogen (secondary N) is 1. The van der Waals surface area contributed by atoms with Crippen LogP contribution < -0.4 is 15.7 Å². The van der Waals surface area contributed by atoms with Crippen molar-refractivity contribution < 1.29 is 18.8 Å². The van der Waals surface area contributed by atoms with Gasteiger partial charge >= 0.3 is 13.2 Å². The normalized spacial score (nSPS) is 30.9. The van der Waals surface area contributed by atoms with E-state index in [1.165, 1.54) is 0 Å². The van der Waals surface area contributed by atoms with Crippen molar-refractivity contribution in [2.24, 2.45) is 11.8 Å². The van der Waals surface area contributed by atoms with Crippen molar-refractivity contribution in [3.05, 3.63) is 18.3 Å². The highest BCUT2D eigenvalue weighted by atomic mass is 16.7. The van der Waals surface area contributed by atoms with Crippen LogP contribution in [0.4, 0.5) is 10.6 Å². The number of amides is 1. The van der Waals surface area contributed by atoms with E-state index in [4.69, 9.17) is 19.0 Å². The number of carbonyl (C=O) groups excluding carboxylic acids is 1. The molecule has 4 atom stereocenters. The zero-order valence-corrected chi connectivity index (χ0v) is 20.6. The van der Waals surface area contributed by atoms with Gasteiger partial charge in [-0.1, -0.05) is 25.8 Å². The molecule has 0 bridgehead atoms. The maximum atomic E-state index is 12.0. The standard InChI is InChI=1S/C24H38BN3O4/c1-8-9-12-24(7)23(5,6)31-25(32-24)16-10-11-19(26-13-16)28-14-17-18(15-28)20(17)27-21(29)30-22(2,3)4/h10-11,13,17-18,20H,8-9,12,14-15H2,1-7H3,(H,27,29)/t17-,18?,20?,24?/m0/s1. The first kappa shape index (κ1) is 23.4. The van der Waals surface area contributed by atoms with E-state index >= 15 is 0 Å². The summed E-state index contributed by atoms with van der Waals surface area (Å²) in [5, 5.41) is 3.02. The zero-order valence-electron chi connectivity index (χ0n) is 20.6. The third-order valence-electron chi connectivity index (χ3n) is 7.29. The number of fused-ring (bicyclic) bond motifs is 1. The molecule has 3 unspecified atom stereocenters. The van der Waals surface area contributed by atoms with Gasteiger partial charge in [-0.05, 0) is 54.0 Å². The Labute approximate surface area is 192 Å². The largest absolute Gasteiger partial charge is 0.496 e. The molecule has 1 N–H and O–H groups in total. The molecule has 2 saturated heterocycles. The summed E-state index contributed by atoms with van der Waals surface area (Å²) in [4.78, 5) is 19.0. The second-order valence-electron chi connectivity index (χ2n) is 11.3. The van der Waals surface area contributed by atoms with Gasteiger partial charge in [-0.2, -0.15) is 0 Å². The van der Waals surface area contributed by atoms with Gasteiger partial charge in [0.15, 0.2) is 0 Å². The molecular weight excluding hydrogens is 405 g/mol. The molecule has 176 valence electrons. The summed E-state index contributed by atoms with van der Waals surface area (Å²) in [7, 11) is -0.386. The Morgan fingerprint density at radius 2 is 1.94 bits per heavy atom. The van der Waals surface area contributed by atoms with E-state index in [2.05, 4.69) is 50.0 Å². The Balaban J connectivity index is 1.31. The van der Waals surface area contributed by atoms with Crippen molar-refractivity contribution in [3.8, 4) is 0 Å². The molecule has 0 radical (unpaired) electrons. The van der Waals surface area contributed by atoms with Gasteiger partial charge in [-0.25, -0.2) is 9.78 Å². The van der Waals surface area contributed by atoms with Crippen LogP contribution >= 0.6 is 0 Å². The molecule has 4 rings (SSSR count). The Morgan fingerprint density at radius 3 is 2.50 bits per heavy atom. The Kier molecular flexibility index (Phi) is 5.99. The number of rotatable bonds is 6. The number of anilines is 1. The molecule has 1 saturated carbocycles. The molecule has 1 amide bonds. The molecule has 1 aromatic heterocycles. The SMILES string of the molecule is CCCCC1(C)OB(c2ccc(N3CC4C(NC(=O)OC(C)(C)C)[C@H]4C3)nc2)OC1(C)C. The van der Waals surface area contributed by atoms with E-state index in [1.54, 1.807) is 0 Å². The van der Waals surface area contributed by atoms with Crippen molar-refractivity contribution in [2.45, 2.75) is 90.6 Å². The minimum atomic E-state index is -0.471. The third-order valence-corrected chi connectivity index (χ3v) is 7.29. The van der Waals surface area contributed by atoms with E-state index in [1.807, 2.05) is 27.0 Å². The topological polar surface area (TPSA) is 72.9 Å². The number of unbranched alkanes of at least 4 members (excludes halogenated alkanes) is 1. The van der Waals surface area contributed by atoms with Gasteiger partial charge < -0.3 is 24.3 Å². The lowest BCUT2D eigenvalue weighted by Gasteiger charge is -2.36. The van der Waals surface area contributed by atoms with Gasteiger partial charge in [-0.15, -0.1) is 0 Å². The molecule has 1 aromatic rings. The monoisotopic (exact) mass is 443 g/mol. The number of hydrogen-bond donors (Lipinski definition) is 1. The minimum absolute atomic E-state index is 0.212. The number of ether oxygens (including phenoxy) is 1. The molecule has 0 aromatic carbocycles. The van der Waals surface area contributed by atoms with E-state index < -0.39 is 5.60 Å². The van der Waals surface area contributed by atoms with Crippen molar-refractivity contribution in [3.63, 3.8) is 0 Å². The van der Waals surface area contributed by atoms with Crippen LogP contribution in [0.15, 0.2) is 18.3 Å². The first-order chi connectivity index (χ1) is 14.9. The van der Waals surface area contributed by atoms with Gasteiger partial charge in [0.25, 0.3) is 0 Å². The summed E-state index contributed by atoms with van der Waals surface area (Å²) in [6.45, 7) is 16.0. The molecule has 1 aliphatic carbocycles. The highest BCUT2D eigenvalue weighted by molar-refractivity contribution is 6.62. The van der Waals surface area contributed by atoms with Crippen LogP contribution in [0.25, 0.3) is 0 Å². The molecule has 2 aliphatic heterocycles. The lowest BCUT2D eigenvalue weighted by molar-refractivity contribution is -0.0169. The van der Waals surface area contributed by atoms with Crippen LogP contribution in [0.3, 0.4) is 0 Å². The van der Waals surface area contributed by atoms with Crippen molar-refractivity contribution >= 4 is 24.5 Å². The van der Waals surface area contributed by atoms with Crippen molar-refractivity contribution in [1.82, 2.24) is 10.3 Å². The maximum absolute atomic E-state index is 12.0. The summed E-state index contributed by atoms with van der Waals surface area (Å²) in [5.74, 6) is 1.89. The lowest BCUT2D eigenvalue weighted by Crippen LogP contribution is -2.44. The van der Waals surface area contributed by atoms with Gasteiger partial charge in [0.1, 0.15) is 11.4 Å². The van der Waals surface area contributed by atoms with Crippen molar-refractivity contribution in [1.29, 1.82) is 0 Å². The average molecular weight is 443 g/mol. The number of piperidine rings is 1. The molecule has 3 fully saturated rings. The van der Waals surface area contributed by atoms with Crippen LogP contribution in [0, 0.1) is 11.8 Å². The highest BCUT2D eigenvalue weighted by Crippen LogP contribution is 2.46. The van der Waals surface area contributed by atoms with Crippen LogP contribution in [-0.4, -0.2) is 54.1 Å². The highest BCUT2D eigenvalue weighted by Gasteiger charge is 2.57. The number of pyridine rings is 1. The van der Waals surface area contributed by atoms with Crippen LogP contribution in [0.5, 0.6) is 0 Å². The lowest BCUT2D eigenvalue weighted by atomic mass is 9.80. The summed E-state index contributed by atoms with van der Waals surface area (Å²) in [6, 6.07) is 4.33. The number of alkyl carbamates (subject to hydrolysis) is 1. The molecule has 8 heteroatoms. The quantitative estimate of drug-likeness (QED) is 0.679. The fourth-order valence-electron chi connectivity index (χ4n) is 4.90. The summed E-state index contributed by atoms with van der Waals surface area (Å²) in [6.07, 6.45) is 4.79. The predicted molar refractivity (Wildman–Crippen MR) is 126 cm³/mol. The average Bonchev–Trinajstić information content (AvgIpc) is 3.04. The van der Waals surface area contributed by atoms with Gasteiger partial charge in [0, 0.05) is 42.6 Å². The van der Waals surface area contributed by atoms with Gasteiger partial charge in [0.05, 0.1) is 11.2 Å². The second-order valence-corrected chi connectivity index (χ2v) is 11.3. The Morgan fingerprint density at radius 1 is 1.25 bits per heavy atom. The van der Waals surface area contributed by atoms with E-state index in [-0.39, 0.29) is 30.5 Å². The van der Waals surface area contributed by atoms with Crippen LogP contribution in [0.2, 0.25) is 0 Å². The fourth-order valence-corrected chi connectivity index (χ4v) is 4.90. The van der Waals surface area contributed by atoms with Crippen LogP contribution in [0.1, 0.15) is 67.7 Å². The molecule has 7 nitrogen and oxygen atoms in total. The third kappa shape index (κ3) is 4.62. The number of hydrogen-bond acceptors (Lipinski definition) is 6. The van der Waals surface area contributed by atoms with E-state index in [0.29, 0.717) is 11.8 Å². The fraction of sp³-hybridized carbons (Fsp3) is 0.750. The molecule has 0 spiro atoms. The first-order valence-corrected chi connectivity index (χ1v) is 12.0. The number of carbonyl (C=O) groups is 1.